The van der Waals surface area contributed by atoms with Crippen LogP contribution < -0.4 is 0 Å². The molecule has 0 spiro atoms. The van der Waals surface area contributed by atoms with Crippen LogP contribution in [0, 0.1) is 0 Å². The van der Waals surface area contributed by atoms with Gasteiger partial charge in [-0.25, -0.2) is 0 Å². The Bertz CT molecular complexity index is 407. The largest absolute Gasteiger partial charge is 0.295 e. The van der Waals surface area contributed by atoms with Gasteiger partial charge in [-0.2, -0.15) is 0 Å². The number of carbonyl (C=O) groups is 1. The summed E-state index contributed by atoms with van der Waals surface area (Å²) in [5, 5.41) is 0. The van der Waals surface area contributed by atoms with Gasteiger partial charge in [0.2, 0.25) is 0 Å². The number of halogens is 1. The van der Waals surface area contributed by atoms with E-state index < -0.39 is 0 Å². The Morgan fingerprint density at radius 1 is 1.13 bits per heavy atom. The topological polar surface area (TPSA) is 17.1 Å². The standard InChI is InChI=1S/C13H13BrO/c14-12-7-3-1-5-10(12)9-11-6-2-4-8-13(11)15/h1,3,5,7,9H,2,4,6,8H2/b11-9-. The maximum Gasteiger partial charge on any atom is 0.158 e. The molecule has 0 N–H and O–H groups in total. The molecule has 1 aromatic rings. The summed E-state index contributed by atoms with van der Waals surface area (Å²) >= 11 is 3.49. The minimum Gasteiger partial charge on any atom is -0.295 e. The van der Waals surface area contributed by atoms with E-state index in [9.17, 15) is 4.79 Å². The van der Waals surface area contributed by atoms with Crippen molar-refractivity contribution < 1.29 is 4.79 Å². The van der Waals surface area contributed by atoms with E-state index in [4.69, 9.17) is 0 Å². The Morgan fingerprint density at radius 2 is 1.87 bits per heavy atom. The average Bonchev–Trinajstić information content (AvgIpc) is 2.24. The second-order valence-corrected chi connectivity index (χ2v) is 4.68. The first kappa shape index (κ1) is 10.6. The number of ketones is 1. The van der Waals surface area contributed by atoms with Gasteiger partial charge in [-0.15, -0.1) is 0 Å². The Hall–Kier alpha value is -0.890. The quantitative estimate of drug-likeness (QED) is 0.702. The lowest BCUT2D eigenvalue weighted by Gasteiger charge is -2.12. The van der Waals surface area contributed by atoms with Crippen molar-refractivity contribution in [1.29, 1.82) is 0 Å². The second-order valence-electron chi connectivity index (χ2n) is 3.82. The minimum absolute atomic E-state index is 0.317. The SMILES string of the molecule is O=C1CCCC/C1=C/c1ccccc1Br. The van der Waals surface area contributed by atoms with Gasteiger partial charge in [0.15, 0.2) is 5.78 Å². The van der Waals surface area contributed by atoms with Crippen LogP contribution in [0.2, 0.25) is 0 Å². The van der Waals surface area contributed by atoms with Crippen molar-refractivity contribution >= 4 is 27.8 Å². The van der Waals surface area contributed by atoms with Crippen LogP contribution in [-0.4, -0.2) is 5.78 Å². The summed E-state index contributed by atoms with van der Waals surface area (Å²) in [6.45, 7) is 0. The number of rotatable bonds is 1. The average molecular weight is 265 g/mol. The van der Waals surface area contributed by atoms with Gasteiger partial charge in [0.05, 0.1) is 0 Å². The van der Waals surface area contributed by atoms with Crippen molar-refractivity contribution in [2.24, 2.45) is 0 Å². The van der Waals surface area contributed by atoms with Crippen molar-refractivity contribution in [3.63, 3.8) is 0 Å². The molecule has 2 rings (SSSR count). The van der Waals surface area contributed by atoms with Gasteiger partial charge in [0, 0.05) is 10.9 Å². The number of hydrogen-bond acceptors (Lipinski definition) is 1. The zero-order valence-electron chi connectivity index (χ0n) is 8.50. The highest BCUT2D eigenvalue weighted by atomic mass is 79.9. The van der Waals surface area contributed by atoms with Crippen LogP contribution in [-0.2, 0) is 4.79 Å². The van der Waals surface area contributed by atoms with Gasteiger partial charge >= 0.3 is 0 Å². The first-order chi connectivity index (χ1) is 7.27. The molecule has 0 aromatic heterocycles. The maximum atomic E-state index is 11.6. The molecule has 0 aliphatic heterocycles. The van der Waals surface area contributed by atoms with Crippen LogP contribution in [0.1, 0.15) is 31.2 Å². The monoisotopic (exact) mass is 264 g/mol. The highest BCUT2D eigenvalue weighted by molar-refractivity contribution is 9.10. The van der Waals surface area contributed by atoms with E-state index in [-0.39, 0.29) is 0 Å². The van der Waals surface area contributed by atoms with E-state index in [2.05, 4.69) is 15.9 Å². The Kier molecular flexibility index (Phi) is 3.37. The summed E-state index contributed by atoms with van der Waals surface area (Å²) < 4.78 is 1.05. The molecule has 0 unspecified atom stereocenters. The fourth-order valence-corrected chi connectivity index (χ4v) is 2.23. The van der Waals surface area contributed by atoms with Crippen LogP contribution in [0.5, 0.6) is 0 Å². The summed E-state index contributed by atoms with van der Waals surface area (Å²) in [5.41, 5.74) is 2.08. The third kappa shape index (κ3) is 2.57. The van der Waals surface area contributed by atoms with Gasteiger partial charge < -0.3 is 0 Å². The van der Waals surface area contributed by atoms with E-state index in [1.807, 2.05) is 30.3 Å². The third-order valence-electron chi connectivity index (χ3n) is 2.69. The molecule has 1 aliphatic carbocycles. The lowest BCUT2D eigenvalue weighted by molar-refractivity contribution is -0.116. The lowest BCUT2D eigenvalue weighted by Crippen LogP contribution is -2.07. The van der Waals surface area contributed by atoms with E-state index in [1.165, 1.54) is 0 Å². The molecule has 0 atom stereocenters. The van der Waals surface area contributed by atoms with E-state index in [0.29, 0.717) is 5.78 Å². The zero-order chi connectivity index (χ0) is 10.7. The molecule has 15 heavy (non-hydrogen) atoms. The van der Waals surface area contributed by atoms with Crippen LogP contribution in [0.4, 0.5) is 0 Å². The summed E-state index contributed by atoms with van der Waals surface area (Å²) in [7, 11) is 0. The highest BCUT2D eigenvalue weighted by Gasteiger charge is 2.14. The fourth-order valence-electron chi connectivity index (χ4n) is 1.83. The molecule has 1 nitrogen and oxygen atoms in total. The number of carbonyl (C=O) groups excluding carboxylic acids is 1. The normalized spacial score (nSPS) is 19.5. The summed E-state index contributed by atoms with van der Waals surface area (Å²) in [6, 6.07) is 8.00. The lowest BCUT2D eigenvalue weighted by atomic mass is 9.92. The molecule has 78 valence electrons. The molecular formula is C13H13BrO. The smallest absolute Gasteiger partial charge is 0.158 e. The van der Waals surface area contributed by atoms with Crippen molar-refractivity contribution in [2.45, 2.75) is 25.7 Å². The first-order valence-electron chi connectivity index (χ1n) is 5.25. The van der Waals surface area contributed by atoms with E-state index >= 15 is 0 Å². The third-order valence-corrected chi connectivity index (χ3v) is 3.42. The molecule has 1 aliphatic rings. The molecule has 1 fully saturated rings. The second kappa shape index (κ2) is 4.75. The highest BCUT2D eigenvalue weighted by Crippen LogP contribution is 2.25. The van der Waals surface area contributed by atoms with Crippen molar-refractivity contribution in [1.82, 2.24) is 0 Å². The van der Waals surface area contributed by atoms with Crippen LogP contribution in [0.15, 0.2) is 34.3 Å². The van der Waals surface area contributed by atoms with Gasteiger partial charge in [0.25, 0.3) is 0 Å². The Balaban J connectivity index is 2.29. The molecule has 1 aromatic carbocycles. The first-order valence-corrected chi connectivity index (χ1v) is 6.05. The van der Waals surface area contributed by atoms with Gasteiger partial charge in [-0.05, 0) is 42.5 Å². The Labute approximate surface area is 98.3 Å². The molecule has 0 amide bonds. The molecule has 0 saturated heterocycles. The van der Waals surface area contributed by atoms with Gasteiger partial charge in [-0.1, -0.05) is 34.1 Å². The van der Waals surface area contributed by atoms with Crippen LogP contribution in [0.25, 0.3) is 6.08 Å². The van der Waals surface area contributed by atoms with Gasteiger partial charge in [-0.3, -0.25) is 4.79 Å². The molecule has 0 radical (unpaired) electrons. The molecule has 1 saturated carbocycles. The fraction of sp³-hybridized carbons (Fsp3) is 0.308. The number of hydrogen-bond donors (Lipinski definition) is 0. The Morgan fingerprint density at radius 3 is 2.60 bits per heavy atom. The van der Waals surface area contributed by atoms with E-state index in [1.54, 1.807) is 0 Å². The summed E-state index contributed by atoms with van der Waals surface area (Å²) in [4.78, 5) is 11.6. The summed E-state index contributed by atoms with van der Waals surface area (Å²) in [6.07, 6.45) is 5.86. The van der Waals surface area contributed by atoms with Crippen LogP contribution >= 0.6 is 15.9 Å². The summed E-state index contributed by atoms with van der Waals surface area (Å²) in [5.74, 6) is 0.317. The predicted molar refractivity (Wildman–Crippen MR) is 65.6 cm³/mol. The van der Waals surface area contributed by atoms with Crippen molar-refractivity contribution in [3.05, 3.63) is 39.9 Å². The predicted octanol–water partition coefficient (Wildman–Crippen LogP) is 3.98. The van der Waals surface area contributed by atoms with Crippen LogP contribution in [0.3, 0.4) is 0 Å². The van der Waals surface area contributed by atoms with Crippen molar-refractivity contribution in [3.8, 4) is 0 Å². The number of benzene rings is 1. The molecule has 0 bridgehead atoms. The molecule has 2 heteroatoms. The number of Topliss-reactive ketones (excluding diaryl/α,β-unsaturated/α-hetero) is 1. The van der Waals surface area contributed by atoms with E-state index in [0.717, 1.165) is 41.3 Å². The van der Waals surface area contributed by atoms with Crippen molar-refractivity contribution in [2.75, 3.05) is 0 Å². The van der Waals surface area contributed by atoms with Gasteiger partial charge in [0.1, 0.15) is 0 Å². The minimum atomic E-state index is 0.317. The zero-order valence-corrected chi connectivity index (χ0v) is 10.1. The molecular weight excluding hydrogens is 252 g/mol. The molecule has 0 heterocycles. The number of allylic oxidation sites excluding steroid dienone is 1. The maximum absolute atomic E-state index is 11.6.